The Balaban J connectivity index is 1.49. The van der Waals surface area contributed by atoms with Crippen molar-refractivity contribution in [1.82, 2.24) is 9.80 Å². The minimum atomic E-state index is -0.575. The molecule has 1 unspecified atom stereocenters. The van der Waals surface area contributed by atoms with Crippen LogP contribution in [0.4, 0.5) is 5.69 Å². The van der Waals surface area contributed by atoms with Gasteiger partial charge in [-0.25, -0.2) is 0 Å². The third-order valence-electron chi connectivity index (χ3n) is 7.90. The van der Waals surface area contributed by atoms with Gasteiger partial charge in [0.2, 0.25) is 5.91 Å². The van der Waals surface area contributed by atoms with E-state index in [1.807, 2.05) is 30.0 Å². The molecule has 1 atom stereocenters. The van der Waals surface area contributed by atoms with Gasteiger partial charge in [-0.05, 0) is 55.5 Å². The molecular formula is C27H29N3O4. The summed E-state index contributed by atoms with van der Waals surface area (Å²) in [5.74, 6) is -0.419. The Morgan fingerprint density at radius 2 is 1.68 bits per heavy atom. The molecule has 1 aliphatic carbocycles. The number of carbonyl (C=O) groups excluding carboxylic acids is 3. The van der Waals surface area contributed by atoms with Crippen molar-refractivity contribution >= 4 is 23.3 Å². The molecule has 1 spiro atoms. The Hall–Kier alpha value is -3.03. The summed E-state index contributed by atoms with van der Waals surface area (Å²) in [6, 6.07) is 11.9. The number of amides is 2. The Labute approximate surface area is 199 Å². The molecule has 3 heterocycles. The lowest BCUT2D eigenvalue weighted by atomic mass is 9.63. The summed E-state index contributed by atoms with van der Waals surface area (Å²) in [5, 5.41) is 0. The van der Waals surface area contributed by atoms with Crippen molar-refractivity contribution in [2.45, 2.75) is 59.0 Å². The molecule has 0 radical (unpaired) electrons. The third-order valence-corrected chi connectivity index (χ3v) is 7.90. The normalized spacial score (nSPS) is 23.4. The van der Waals surface area contributed by atoms with E-state index in [0.717, 1.165) is 31.6 Å². The van der Waals surface area contributed by atoms with Crippen molar-refractivity contribution in [3.63, 3.8) is 0 Å². The lowest BCUT2D eigenvalue weighted by molar-refractivity contribution is -0.188. The summed E-state index contributed by atoms with van der Waals surface area (Å²) in [4.78, 5) is 45.9. The van der Waals surface area contributed by atoms with E-state index in [9.17, 15) is 14.4 Å². The van der Waals surface area contributed by atoms with E-state index in [2.05, 4.69) is 17.0 Å². The molecule has 2 fully saturated rings. The van der Waals surface area contributed by atoms with Crippen molar-refractivity contribution < 1.29 is 19.1 Å². The number of benzene rings is 2. The number of nitrogens with zero attached hydrogens (tertiary/aromatic N) is 3. The predicted octanol–water partition coefficient (Wildman–Crippen LogP) is 3.48. The van der Waals surface area contributed by atoms with Gasteiger partial charge in [0.15, 0.2) is 12.1 Å². The SMILES string of the molecule is CC(=O)c1cc(C)cc2c1N(C(C)=O)C(N1Cc3ccccc3C1)N(C1CC3(COC3)C1)C2=O. The number of carbonyl (C=O) groups is 3. The van der Waals surface area contributed by atoms with Crippen LogP contribution in [0, 0.1) is 12.3 Å². The van der Waals surface area contributed by atoms with Gasteiger partial charge in [0.1, 0.15) is 0 Å². The lowest BCUT2D eigenvalue weighted by Crippen LogP contribution is -2.70. The van der Waals surface area contributed by atoms with Gasteiger partial charge in [0.05, 0.1) is 24.5 Å². The molecule has 176 valence electrons. The van der Waals surface area contributed by atoms with Crippen LogP contribution in [0.3, 0.4) is 0 Å². The zero-order chi connectivity index (χ0) is 23.8. The van der Waals surface area contributed by atoms with Crippen LogP contribution in [0.5, 0.6) is 0 Å². The number of ketones is 1. The predicted molar refractivity (Wildman–Crippen MR) is 126 cm³/mol. The molecular weight excluding hydrogens is 430 g/mol. The van der Waals surface area contributed by atoms with Gasteiger partial charge in [0, 0.05) is 37.0 Å². The first-order valence-electron chi connectivity index (χ1n) is 11.9. The van der Waals surface area contributed by atoms with Crippen LogP contribution in [0.2, 0.25) is 0 Å². The first-order valence-corrected chi connectivity index (χ1v) is 11.9. The Morgan fingerprint density at radius 3 is 2.21 bits per heavy atom. The lowest BCUT2D eigenvalue weighted by Gasteiger charge is -2.60. The van der Waals surface area contributed by atoms with Gasteiger partial charge in [-0.15, -0.1) is 0 Å². The number of Topliss-reactive ketones (excluding diaryl/α,β-unsaturated/α-hetero) is 1. The van der Waals surface area contributed by atoms with Crippen LogP contribution in [-0.4, -0.2) is 52.9 Å². The summed E-state index contributed by atoms with van der Waals surface area (Å²) in [6.45, 7) is 7.68. The molecule has 0 bridgehead atoms. The molecule has 0 N–H and O–H groups in total. The van der Waals surface area contributed by atoms with E-state index in [-0.39, 0.29) is 29.1 Å². The molecule has 0 aromatic heterocycles. The Morgan fingerprint density at radius 1 is 1.03 bits per heavy atom. The highest BCUT2D eigenvalue weighted by Crippen LogP contribution is 2.52. The molecule has 7 heteroatoms. The van der Waals surface area contributed by atoms with Crippen LogP contribution in [-0.2, 0) is 22.6 Å². The Kier molecular flexibility index (Phi) is 4.73. The van der Waals surface area contributed by atoms with Crippen LogP contribution in [0.1, 0.15) is 64.1 Å². The van der Waals surface area contributed by atoms with Gasteiger partial charge in [0.25, 0.3) is 5.91 Å². The smallest absolute Gasteiger partial charge is 0.258 e. The fraction of sp³-hybridized carbons (Fsp3) is 0.444. The average molecular weight is 460 g/mol. The second-order valence-corrected chi connectivity index (χ2v) is 10.4. The number of hydrogen-bond donors (Lipinski definition) is 0. The fourth-order valence-electron chi connectivity index (χ4n) is 6.25. The van der Waals surface area contributed by atoms with E-state index in [4.69, 9.17) is 4.74 Å². The minimum absolute atomic E-state index is 0.0291. The number of hydrogen-bond acceptors (Lipinski definition) is 5. The number of fused-ring (bicyclic) bond motifs is 2. The van der Waals surface area contributed by atoms with Crippen molar-refractivity contribution in [1.29, 1.82) is 0 Å². The van der Waals surface area contributed by atoms with E-state index in [0.29, 0.717) is 29.9 Å². The second-order valence-electron chi connectivity index (χ2n) is 10.4. The maximum atomic E-state index is 14.1. The summed E-state index contributed by atoms with van der Waals surface area (Å²) in [6.07, 6.45) is 1.18. The molecule has 2 amide bonds. The zero-order valence-electron chi connectivity index (χ0n) is 19.8. The monoisotopic (exact) mass is 459 g/mol. The molecule has 1 saturated heterocycles. The maximum Gasteiger partial charge on any atom is 0.258 e. The van der Waals surface area contributed by atoms with Gasteiger partial charge in [-0.2, -0.15) is 0 Å². The molecule has 4 aliphatic rings. The van der Waals surface area contributed by atoms with E-state index >= 15 is 0 Å². The van der Waals surface area contributed by atoms with Crippen molar-refractivity contribution in [3.05, 3.63) is 64.2 Å². The molecule has 1 saturated carbocycles. The second kappa shape index (κ2) is 7.48. The molecule has 2 aromatic carbocycles. The van der Waals surface area contributed by atoms with E-state index < -0.39 is 6.29 Å². The fourth-order valence-corrected chi connectivity index (χ4v) is 6.25. The van der Waals surface area contributed by atoms with Crippen molar-refractivity contribution in [2.24, 2.45) is 5.41 Å². The number of ether oxygens (including phenoxy) is 1. The van der Waals surface area contributed by atoms with Gasteiger partial charge in [-0.3, -0.25) is 24.2 Å². The van der Waals surface area contributed by atoms with Crippen molar-refractivity contribution in [2.75, 3.05) is 18.1 Å². The molecule has 7 nitrogen and oxygen atoms in total. The summed E-state index contributed by atoms with van der Waals surface area (Å²) < 4.78 is 5.47. The summed E-state index contributed by atoms with van der Waals surface area (Å²) >= 11 is 0. The first-order chi connectivity index (χ1) is 16.3. The van der Waals surface area contributed by atoms with Crippen LogP contribution < -0.4 is 4.90 Å². The highest BCUT2D eigenvalue weighted by molar-refractivity contribution is 6.14. The highest BCUT2D eigenvalue weighted by atomic mass is 16.5. The van der Waals surface area contributed by atoms with E-state index in [1.165, 1.54) is 25.0 Å². The standard InChI is InChI=1S/C27H29N3O4/c1-16-8-22(17(2)31)24-23(9-16)25(33)30(21-10-27(11-21)14-34-15-27)26(29(24)18(3)32)28-12-19-6-4-5-7-20(19)13-28/h4-9,21,26H,10-15H2,1-3H3. The summed E-state index contributed by atoms with van der Waals surface area (Å²) in [7, 11) is 0. The molecule has 6 rings (SSSR count). The molecule has 3 aliphatic heterocycles. The quantitative estimate of drug-likeness (QED) is 0.658. The third kappa shape index (κ3) is 3.07. The number of aryl methyl sites for hydroxylation is 1. The van der Waals surface area contributed by atoms with Crippen LogP contribution in [0.15, 0.2) is 36.4 Å². The minimum Gasteiger partial charge on any atom is -0.380 e. The number of rotatable bonds is 3. The van der Waals surface area contributed by atoms with Gasteiger partial charge in [-0.1, -0.05) is 24.3 Å². The molecule has 2 aromatic rings. The largest absolute Gasteiger partial charge is 0.380 e. The topological polar surface area (TPSA) is 70.2 Å². The van der Waals surface area contributed by atoms with Gasteiger partial charge < -0.3 is 9.64 Å². The number of anilines is 1. The molecule has 34 heavy (non-hydrogen) atoms. The highest BCUT2D eigenvalue weighted by Gasteiger charge is 2.57. The van der Waals surface area contributed by atoms with Crippen LogP contribution >= 0.6 is 0 Å². The Bertz CT molecular complexity index is 1200. The van der Waals surface area contributed by atoms with Crippen molar-refractivity contribution in [3.8, 4) is 0 Å². The summed E-state index contributed by atoms with van der Waals surface area (Å²) in [5.41, 5.74) is 4.74. The van der Waals surface area contributed by atoms with Crippen LogP contribution in [0.25, 0.3) is 0 Å². The zero-order valence-corrected chi connectivity index (χ0v) is 19.8. The van der Waals surface area contributed by atoms with E-state index in [1.54, 1.807) is 11.0 Å². The maximum absolute atomic E-state index is 14.1. The average Bonchev–Trinajstić information content (AvgIpc) is 3.16. The van der Waals surface area contributed by atoms with Gasteiger partial charge >= 0.3 is 0 Å². The first kappa shape index (κ1) is 21.5.